The van der Waals surface area contributed by atoms with Gasteiger partial charge >= 0.3 is 0 Å². The molecule has 0 aromatic carbocycles. The van der Waals surface area contributed by atoms with Crippen LogP contribution in [0.5, 0.6) is 0 Å². The molecule has 17 heavy (non-hydrogen) atoms. The summed E-state index contributed by atoms with van der Waals surface area (Å²) in [5.74, 6) is 0.0736. The Hall–Kier alpha value is -0.910. The Morgan fingerprint density at radius 1 is 1.59 bits per heavy atom. The van der Waals surface area contributed by atoms with Crippen LogP contribution < -0.4 is 10.6 Å². The van der Waals surface area contributed by atoms with E-state index in [0.717, 1.165) is 13.1 Å². The van der Waals surface area contributed by atoms with E-state index in [-0.39, 0.29) is 11.9 Å². The normalized spacial score (nSPS) is 12.7. The summed E-state index contributed by atoms with van der Waals surface area (Å²) in [7, 11) is 3.86. The van der Waals surface area contributed by atoms with Crippen molar-refractivity contribution in [3.8, 4) is 0 Å². The van der Waals surface area contributed by atoms with E-state index in [1.54, 1.807) is 11.3 Å². The lowest BCUT2D eigenvalue weighted by molar-refractivity contribution is -0.122. The Kier molecular flexibility index (Phi) is 6.18. The molecule has 0 aliphatic carbocycles. The van der Waals surface area contributed by atoms with E-state index in [4.69, 9.17) is 0 Å². The molecule has 0 saturated heterocycles. The van der Waals surface area contributed by atoms with E-state index in [0.29, 0.717) is 6.54 Å². The molecule has 1 atom stereocenters. The molecule has 0 fully saturated rings. The topological polar surface area (TPSA) is 44.4 Å². The van der Waals surface area contributed by atoms with Crippen LogP contribution >= 0.6 is 11.3 Å². The third-order valence-electron chi connectivity index (χ3n) is 2.50. The van der Waals surface area contributed by atoms with Crippen LogP contribution in [0, 0.1) is 0 Å². The van der Waals surface area contributed by atoms with Gasteiger partial charge in [-0.25, -0.2) is 0 Å². The average molecular weight is 255 g/mol. The van der Waals surface area contributed by atoms with E-state index in [1.165, 1.54) is 4.88 Å². The van der Waals surface area contributed by atoms with Gasteiger partial charge in [-0.3, -0.25) is 9.69 Å². The SMILES string of the molecule is CNCCN(C)CC(=O)NC(C)c1cccs1. The van der Waals surface area contributed by atoms with E-state index in [1.807, 2.05) is 43.4 Å². The van der Waals surface area contributed by atoms with Gasteiger partial charge in [-0.2, -0.15) is 0 Å². The molecule has 0 bridgehead atoms. The van der Waals surface area contributed by atoms with Crippen molar-refractivity contribution < 1.29 is 4.79 Å². The van der Waals surface area contributed by atoms with Crippen molar-refractivity contribution in [3.05, 3.63) is 22.4 Å². The maximum atomic E-state index is 11.8. The summed E-state index contributed by atoms with van der Waals surface area (Å²) in [5.41, 5.74) is 0. The first kappa shape index (κ1) is 14.2. The van der Waals surface area contributed by atoms with Crippen LogP contribution in [0.25, 0.3) is 0 Å². The molecule has 1 unspecified atom stereocenters. The quantitative estimate of drug-likeness (QED) is 0.766. The van der Waals surface area contributed by atoms with Gasteiger partial charge in [-0.1, -0.05) is 6.07 Å². The van der Waals surface area contributed by atoms with E-state index < -0.39 is 0 Å². The van der Waals surface area contributed by atoms with Crippen molar-refractivity contribution in [3.63, 3.8) is 0 Å². The number of rotatable bonds is 7. The highest BCUT2D eigenvalue weighted by Crippen LogP contribution is 2.17. The monoisotopic (exact) mass is 255 g/mol. The molecule has 5 heteroatoms. The molecule has 0 aliphatic heterocycles. The highest BCUT2D eigenvalue weighted by molar-refractivity contribution is 7.10. The first-order valence-corrected chi connectivity index (χ1v) is 6.67. The fourth-order valence-corrected chi connectivity index (χ4v) is 2.26. The van der Waals surface area contributed by atoms with Crippen molar-refractivity contribution in [2.24, 2.45) is 0 Å². The van der Waals surface area contributed by atoms with Gasteiger partial charge in [0.1, 0.15) is 0 Å². The van der Waals surface area contributed by atoms with Gasteiger partial charge in [0.2, 0.25) is 5.91 Å². The van der Waals surface area contributed by atoms with Gasteiger partial charge in [0.15, 0.2) is 0 Å². The van der Waals surface area contributed by atoms with Crippen LogP contribution in [0.1, 0.15) is 17.8 Å². The number of hydrogen-bond donors (Lipinski definition) is 2. The molecular formula is C12H21N3OS. The zero-order valence-electron chi connectivity index (χ0n) is 10.7. The third-order valence-corrected chi connectivity index (χ3v) is 3.56. The van der Waals surface area contributed by atoms with Crippen LogP contribution in [-0.4, -0.2) is 44.5 Å². The summed E-state index contributed by atoms with van der Waals surface area (Å²) >= 11 is 1.67. The Balaban J connectivity index is 2.29. The molecule has 1 aromatic rings. The minimum atomic E-state index is 0.0736. The highest BCUT2D eigenvalue weighted by atomic mass is 32.1. The molecule has 1 heterocycles. The van der Waals surface area contributed by atoms with Crippen LogP contribution in [0.4, 0.5) is 0 Å². The average Bonchev–Trinajstić information content (AvgIpc) is 2.79. The fraction of sp³-hybridized carbons (Fsp3) is 0.583. The molecular weight excluding hydrogens is 234 g/mol. The first-order chi connectivity index (χ1) is 8.13. The molecule has 0 aliphatic rings. The summed E-state index contributed by atoms with van der Waals surface area (Å²) in [6.07, 6.45) is 0. The number of carbonyl (C=O) groups is 1. The van der Waals surface area contributed by atoms with Crippen LogP contribution in [0.15, 0.2) is 17.5 Å². The molecule has 0 saturated carbocycles. The van der Waals surface area contributed by atoms with Gasteiger partial charge in [0.25, 0.3) is 0 Å². The number of carbonyl (C=O) groups excluding carboxylic acids is 1. The van der Waals surface area contributed by atoms with Crippen molar-refractivity contribution in [2.75, 3.05) is 33.7 Å². The number of likely N-dealkylation sites (N-methyl/N-ethyl adjacent to an activating group) is 2. The smallest absolute Gasteiger partial charge is 0.234 e. The summed E-state index contributed by atoms with van der Waals surface area (Å²) < 4.78 is 0. The Labute approximate surface area is 107 Å². The minimum absolute atomic E-state index is 0.0736. The maximum Gasteiger partial charge on any atom is 0.234 e. The van der Waals surface area contributed by atoms with Gasteiger partial charge in [0.05, 0.1) is 12.6 Å². The Morgan fingerprint density at radius 3 is 2.94 bits per heavy atom. The van der Waals surface area contributed by atoms with Crippen LogP contribution in [-0.2, 0) is 4.79 Å². The molecule has 0 radical (unpaired) electrons. The lowest BCUT2D eigenvalue weighted by Crippen LogP contribution is -2.38. The number of hydrogen-bond acceptors (Lipinski definition) is 4. The molecule has 0 spiro atoms. The summed E-state index contributed by atoms with van der Waals surface area (Å²) in [6, 6.07) is 4.14. The number of amides is 1. The van der Waals surface area contributed by atoms with Crippen molar-refractivity contribution in [1.82, 2.24) is 15.5 Å². The highest BCUT2D eigenvalue weighted by Gasteiger charge is 2.11. The molecule has 1 rings (SSSR count). The zero-order valence-corrected chi connectivity index (χ0v) is 11.5. The number of nitrogens with zero attached hydrogens (tertiary/aromatic N) is 1. The number of thiophene rings is 1. The van der Waals surface area contributed by atoms with E-state index in [2.05, 4.69) is 10.6 Å². The fourth-order valence-electron chi connectivity index (χ4n) is 1.52. The van der Waals surface area contributed by atoms with E-state index in [9.17, 15) is 4.79 Å². The van der Waals surface area contributed by atoms with Crippen molar-refractivity contribution >= 4 is 17.2 Å². The second kappa shape index (κ2) is 7.42. The third kappa shape index (κ3) is 5.30. The van der Waals surface area contributed by atoms with E-state index >= 15 is 0 Å². The lowest BCUT2D eigenvalue weighted by Gasteiger charge is -2.18. The largest absolute Gasteiger partial charge is 0.348 e. The lowest BCUT2D eigenvalue weighted by atomic mass is 10.2. The molecule has 4 nitrogen and oxygen atoms in total. The summed E-state index contributed by atoms with van der Waals surface area (Å²) in [4.78, 5) is 15.0. The Morgan fingerprint density at radius 2 is 2.35 bits per heavy atom. The first-order valence-electron chi connectivity index (χ1n) is 5.79. The zero-order chi connectivity index (χ0) is 12.7. The molecule has 1 amide bonds. The summed E-state index contributed by atoms with van der Waals surface area (Å²) in [5, 5.41) is 8.09. The number of nitrogens with one attached hydrogen (secondary N) is 2. The minimum Gasteiger partial charge on any atom is -0.348 e. The standard InChI is InChI=1S/C12H21N3OS/c1-10(11-5-4-8-17-11)14-12(16)9-15(3)7-6-13-2/h4-5,8,10,13H,6-7,9H2,1-3H3,(H,14,16). The van der Waals surface area contributed by atoms with Gasteiger partial charge in [-0.15, -0.1) is 11.3 Å². The van der Waals surface area contributed by atoms with Crippen molar-refractivity contribution in [2.45, 2.75) is 13.0 Å². The molecule has 2 N–H and O–H groups in total. The predicted molar refractivity (Wildman–Crippen MR) is 72.3 cm³/mol. The molecule has 96 valence electrons. The van der Waals surface area contributed by atoms with Crippen molar-refractivity contribution in [1.29, 1.82) is 0 Å². The van der Waals surface area contributed by atoms with Gasteiger partial charge in [0, 0.05) is 18.0 Å². The van der Waals surface area contributed by atoms with Crippen LogP contribution in [0.3, 0.4) is 0 Å². The van der Waals surface area contributed by atoms with Gasteiger partial charge in [-0.05, 0) is 32.5 Å². The van der Waals surface area contributed by atoms with Crippen LogP contribution in [0.2, 0.25) is 0 Å². The predicted octanol–water partition coefficient (Wildman–Crippen LogP) is 1.08. The Bertz CT molecular complexity index is 327. The summed E-state index contributed by atoms with van der Waals surface area (Å²) in [6.45, 7) is 4.22. The maximum absolute atomic E-state index is 11.8. The van der Waals surface area contributed by atoms with Gasteiger partial charge < -0.3 is 10.6 Å². The molecule has 1 aromatic heterocycles. The second-order valence-corrected chi connectivity index (χ2v) is 5.13. The second-order valence-electron chi connectivity index (χ2n) is 4.15.